The molecule has 0 spiro atoms. The lowest BCUT2D eigenvalue weighted by Gasteiger charge is -2.34. The minimum absolute atomic E-state index is 0. The van der Waals surface area contributed by atoms with E-state index in [0.717, 1.165) is 6.42 Å². The van der Waals surface area contributed by atoms with Crippen molar-refractivity contribution in [3.63, 3.8) is 0 Å². The van der Waals surface area contributed by atoms with Crippen LogP contribution < -0.4 is 11.1 Å². The Hall–Kier alpha value is -1.79. The third-order valence-electron chi connectivity index (χ3n) is 4.20. The molecule has 1 fully saturated rings. The van der Waals surface area contributed by atoms with E-state index in [1.165, 1.54) is 0 Å². The number of piperazine rings is 1. The van der Waals surface area contributed by atoms with Gasteiger partial charge in [-0.2, -0.15) is 0 Å². The van der Waals surface area contributed by atoms with Crippen molar-refractivity contribution in [2.75, 3.05) is 38.5 Å². The maximum absolute atomic E-state index is 12.4. The molecule has 24 heavy (non-hydrogen) atoms. The normalized spacial score (nSPS) is 16.2. The summed E-state index contributed by atoms with van der Waals surface area (Å²) in [6, 6.07) is 7.19. The van der Waals surface area contributed by atoms with Crippen LogP contribution in [0.3, 0.4) is 0 Å². The average molecular weight is 355 g/mol. The second kappa shape index (κ2) is 9.49. The standard InChI is InChI=1S/C17H26N4O2.ClH/c1-3-13(2)19-16(22)12-20-8-10-21(11-9-20)17(23)14-4-6-15(18)7-5-14;/h4-7,13H,3,8-12,18H2,1-2H3,(H,19,22);1H. The van der Waals surface area contributed by atoms with Gasteiger partial charge in [-0.3, -0.25) is 14.5 Å². The van der Waals surface area contributed by atoms with Crippen LogP contribution in [0.5, 0.6) is 0 Å². The lowest BCUT2D eigenvalue weighted by Crippen LogP contribution is -2.51. The van der Waals surface area contributed by atoms with E-state index < -0.39 is 0 Å². The van der Waals surface area contributed by atoms with Crippen molar-refractivity contribution in [3.05, 3.63) is 29.8 Å². The van der Waals surface area contributed by atoms with Gasteiger partial charge in [0, 0.05) is 43.5 Å². The van der Waals surface area contributed by atoms with Crippen molar-refractivity contribution in [3.8, 4) is 0 Å². The van der Waals surface area contributed by atoms with Crippen LogP contribution in [0.15, 0.2) is 24.3 Å². The SMILES string of the molecule is CCC(C)NC(=O)CN1CCN(C(=O)c2ccc(N)cc2)CC1.Cl. The Morgan fingerprint density at radius 2 is 1.75 bits per heavy atom. The van der Waals surface area contributed by atoms with Crippen molar-refractivity contribution in [1.29, 1.82) is 0 Å². The fourth-order valence-electron chi connectivity index (χ4n) is 2.54. The highest BCUT2D eigenvalue weighted by molar-refractivity contribution is 5.94. The van der Waals surface area contributed by atoms with Gasteiger partial charge >= 0.3 is 0 Å². The number of benzene rings is 1. The quantitative estimate of drug-likeness (QED) is 0.783. The molecule has 2 rings (SSSR count). The molecule has 0 radical (unpaired) electrons. The molecule has 3 N–H and O–H groups in total. The largest absolute Gasteiger partial charge is 0.399 e. The van der Waals surface area contributed by atoms with Crippen LogP contribution in [0.2, 0.25) is 0 Å². The van der Waals surface area contributed by atoms with Crippen LogP contribution in [0, 0.1) is 0 Å². The highest BCUT2D eigenvalue weighted by atomic mass is 35.5. The topological polar surface area (TPSA) is 78.7 Å². The summed E-state index contributed by atoms with van der Waals surface area (Å²) in [7, 11) is 0. The van der Waals surface area contributed by atoms with E-state index >= 15 is 0 Å². The van der Waals surface area contributed by atoms with Gasteiger partial charge in [0.05, 0.1) is 6.54 Å². The number of hydrogen-bond acceptors (Lipinski definition) is 4. The predicted octanol–water partition coefficient (Wildman–Crippen LogP) is 1.36. The third-order valence-corrected chi connectivity index (χ3v) is 4.20. The van der Waals surface area contributed by atoms with Crippen LogP contribution in [0.25, 0.3) is 0 Å². The molecule has 1 aliphatic rings. The number of nitrogens with two attached hydrogens (primary N) is 1. The molecule has 1 aliphatic heterocycles. The Labute approximate surface area is 149 Å². The second-order valence-electron chi connectivity index (χ2n) is 6.07. The Bertz CT molecular complexity index is 542. The van der Waals surface area contributed by atoms with E-state index in [4.69, 9.17) is 5.73 Å². The van der Waals surface area contributed by atoms with E-state index in [-0.39, 0.29) is 30.3 Å². The molecular weight excluding hydrogens is 328 g/mol. The van der Waals surface area contributed by atoms with Crippen molar-refractivity contribution in [1.82, 2.24) is 15.1 Å². The maximum atomic E-state index is 12.4. The summed E-state index contributed by atoms with van der Waals surface area (Å²) in [6.07, 6.45) is 0.926. The highest BCUT2D eigenvalue weighted by Crippen LogP contribution is 2.11. The number of rotatable bonds is 5. The minimum atomic E-state index is 0. The lowest BCUT2D eigenvalue weighted by molar-refractivity contribution is -0.123. The predicted molar refractivity (Wildman–Crippen MR) is 98.3 cm³/mol. The van der Waals surface area contributed by atoms with Gasteiger partial charge in [-0.05, 0) is 37.6 Å². The fraction of sp³-hybridized carbons (Fsp3) is 0.529. The fourth-order valence-corrected chi connectivity index (χ4v) is 2.54. The van der Waals surface area contributed by atoms with Gasteiger partial charge in [-0.25, -0.2) is 0 Å². The summed E-state index contributed by atoms with van der Waals surface area (Å²) >= 11 is 0. The number of nitrogens with zero attached hydrogens (tertiary/aromatic N) is 2. The molecule has 6 nitrogen and oxygen atoms in total. The summed E-state index contributed by atoms with van der Waals surface area (Å²) in [6.45, 7) is 7.16. The number of nitrogen functional groups attached to an aromatic ring is 1. The van der Waals surface area contributed by atoms with E-state index in [0.29, 0.717) is 44.0 Å². The number of carbonyl (C=O) groups is 2. The molecule has 0 aromatic heterocycles. The van der Waals surface area contributed by atoms with Crippen molar-refractivity contribution in [2.45, 2.75) is 26.3 Å². The van der Waals surface area contributed by atoms with Crippen LogP contribution >= 0.6 is 12.4 Å². The monoisotopic (exact) mass is 354 g/mol. The van der Waals surface area contributed by atoms with Crippen molar-refractivity contribution < 1.29 is 9.59 Å². The molecule has 134 valence electrons. The molecule has 0 bridgehead atoms. The number of amides is 2. The van der Waals surface area contributed by atoms with Gasteiger partial charge in [0.25, 0.3) is 5.91 Å². The molecule has 0 aliphatic carbocycles. The average Bonchev–Trinajstić information content (AvgIpc) is 2.55. The smallest absolute Gasteiger partial charge is 0.253 e. The molecule has 1 aromatic rings. The summed E-state index contributed by atoms with van der Waals surface area (Å²) in [4.78, 5) is 28.2. The number of halogens is 1. The van der Waals surface area contributed by atoms with E-state index in [1.807, 2.05) is 18.7 Å². The molecule has 1 aromatic carbocycles. The summed E-state index contributed by atoms with van der Waals surface area (Å²) in [5, 5.41) is 2.97. The third kappa shape index (κ3) is 5.69. The van der Waals surface area contributed by atoms with Crippen LogP contribution in [-0.2, 0) is 4.79 Å². The number of nitrogens with one attached hydrogen (secondary N) is 1. The molecule has 2 amide bonds. The molecule has 1 unspecified atom stereocenters. The number of carbonyl (C=O) groups excluding carboxylic acids is 2. The van der Waals surface area contributed by atoms with Crippen molar-refractivity contribution >= 4 is 29.9 Å². The van der Waals surface area contributed by atoms with Crippen LogP contribution in [0.1, 0.15) is 30.6 Å². The van der Waals surface area contributed by atoms with E-state index in [1.54, 1.807) is 24.3 Å². The second-order valence-corrected chi connectivity index (χ2v) is 6.07. The Morgan fingerprint density at radius 3 is 2.29 bits per heavy atom. The molecular formula is C17H27ClN4O2. The van der Waals surface area contributed by atoms with Gasteiger partial charge in [-0.15, -0.1) is 12.4 Å². The zero-order chi connectivity index (χ0) is 16.8. The Balaban J connectivity index is 0.00000288. The van der Waals surface area contributed by atoms with Crippen LogP contribution in [-0.4, -0.2) is 60.4 Å². The van der Waals surface area contributed by atoms with Gasteiger partial charge in [0.1, 0.15) is 0 Å². The molecule has 7 heteroatoms. The number of hydrogen-bond donors (Lipinski definition) is 2. The van der Waals surface area contributed by atoms with Gasteiger partial charge in [0.2, 0.25) is 5.91 Å². The van der Waals surface area contributed by atoms with E-state index in [9.17, 15) is 9.59 Å². The first-order chi connectivity index (χ1) is 11.0. The molecule has 1 saturated heterocycles. The zero-order valence-corrected chi connectivity index (χ0v) is 15.1. The Kier molecular flexibility index (Phi) is 8.01. The maximum Gasteiger partial charge on any atom is 0.253 e. The zero-order valence-electron chi connectivity index (χ0n) is 14.3. The lowest BCUT2D eigenvalue weighted by atomic mass is 10.1. The first kappa shape index (κ1) is 20.3. The van der Waals surface area contributed by atoms with Crippen molar-refractivity contribution in [2.24, 2.45) is 0 Å². The summed E-state index contributed by atoms with van der Waals surface area (Å²) in [5.74, 6) is 0.0753. The summed E-state index contributed by atoms with van der Waals surface area (Å²) < 4.78 is 0. The molecule has 1 heterocycles. The van der Waals surface area contributed by atoms with Gasteiger partial charge in [0.15, 0.2) is 0 Å². The first-order valence-corrected chi connectivity index (χ1v) is 8.16. The first-order valence-electron chi connectivity index (χ1n) is 8.16. The summed E-state index contributed by atoms with van der Waals surface area (Å²) in [5.41, 5.74) is 6.95. The van der Waals surface area contributed by atoms with Gasteiger partial charge < -0.3 is 16.0 Å². The minimum Gasteiger partial charge on any atom is -0.399 e. The van der Waals surface area contributed by atoms with E-state index in [2.05, 4.69) is 10.2 Å². The molecule has 0 saturated carbocycles. The van der Waals surface area contributed by atoms with Crippen LogP contribution in [0.4, 0.5) is 5.69 Å². The number of anilines is 1. The highest BCUT2D eigenvalue weighted by Gasteiger charge is 2.23. The Morgan fingerprint density at radius 1 is 1.17 bits per heavy atom. The molecule has 1 atom stereocenters. The van der Waals surface area contributed by atoms with Gasteiger partial charge in [-0.1, -0.05) is 6.92 Å².